The summed E-state index contributed by atoms with van der Waals surface area (Å²) < 4.78 is 27.3. The molecule has 1 heterocycles. The van der Waals surface area contributed by atoms with Crippen molar-refractivity contribution in [2.75, 3.05) is 29.2 Å². The van der Waals surface area contributed by atoms with Gasteiger partial charge in [-0.05, 0) is 31.0 Å². The fraction of sp³-hybridized carbons (Fsp3) is 0.462. The number of amides is 1. The lowest BCUT2D eigenvalue weighted by atomic mass is 10.1. The Kier molecular flexibility index (Phi) is 4.49. The summed E-state index contributed by atoms with van der Waals surface area (Å²) in [6.45, 7) is 0. The zero-order valence-corrected chi connectivity index (χ0v) is 12.1. The molecule has 0 aliphatic carbocycles. The Bertz CT molecular complexity index is 572. The summed E-state index contributed by atoms with van der Waals surface area (Å²) in [5, 5.41) is 5.88. The SMILES string of the molecule is COC(=O)Nc1cccc(NC2CCS(=O)(=O)CC2)c1. The van der Waals surface area contributed by atoms with Crippen LogP contribution < -0.4 is 10.6 Å². The van der Waals surface area contributed by atoms with E-state index in [9.17, 15) is 13.2 Å². The molecule has 0 spiro atoms. The third-order valence-electron chi connectivity index (χ3n) is 3.22. The molecule has 1 aromatic carbocycles. The van der Waals surface area contributed by atoms with Gasteiger partial charge in [-0.2, -0.15) is 0 Å². The Morgan fingerprint density at radius 3 is 2.55 bits per heavy atom. The molecule has 110 valence electrons. The van der Waals surface area contributed by atoms with Crippen LogP contribution in [0.2, 0.25) is 0 Å². The van der Waals surface area contributed by atoms with E-state index in [-0.39, 0.29) is 17.5 Å². The summed E-state index contributed by atoms with van der Waals surface area (Å²) in [6.07, 6.45) is 0.694. The van der Waals surface area contributed by atoms with Crippen molar-refractivity contribution in [1.29, 1.82) is 0 Å². The molecule has 0 unspecified atom stereocenters. The molecule has 0 aromatic heterocycles. The maximum absolute atomic E-state index is 11.4. The Morgan fingerprint density at radius 2 is 1.90 bits per heavy atom. The van der Waals surface area contributed by atoms with Crippen molar-refractivity contribution < 1.29 is 17.9 Å². The normalized spacial score (nSPS) is 18.2. The minimum atomic E-state index is -2.85. The van der Waals surface area contributed by atoms with Crippen LogP contribution in [0.5, 0.6) is 0 Å². The smallest absolute Gasteiger partial charge is 0.411 e. The van der Waals surface area contributed by atoms with Gasteiger partial charge in [0.25, 0.3) is 0 Å². The molecular weight excluding hydrogens is 280 g/mol. The van der Waals surface area contributed by atoms with Crippen molar-refractivity contribution in [3.8, 4) is 0 Å². The highest BCUT2D eigenvalue weighted by molar-refractivity contribution is 7.91. The number of methoxy groups -OCH3 is 1. The minimum Gasteiger partial charge on any atom is -0.453 e. The summed E-state index contributed by atoms with van der Waals surface area (Å²) in [6, 6.07) is 7.39. The van der Waals surface area contributed by atoms with E-state index in [1.54, 1.807) is 12.1 Å². The van der Waals surface area contributed by atoms with Gasteiger partial charge in [0.15, 0.2) is 0 Å². The molecule has 20 heavy (non-hydrogen) atoms. The van der Waals surface area contributed by atoms with Gasteiger partial charge in [-0.15, -0.1) is 0 Å². The average molecular weight is 298 g/mol. The standard InChI is InChI=1S/C13H18N2O4S/c1-19-13(16)15-12-4-2-3-11(9-12)14-10-5-7-20(17,18)8-6-10/h2-4,9-10,14H,5-8H2,1H3,(H,15,16). The van der Waals surface area contributed by atoms with Gasteiger partial charge in [0.1, 0.15) is 9.84 Å². The van der Waals surface area contributed by atoms with Crippen LogP contribution >= 0.6 is 0 Å². The number of anilines is 2. The van der Waals surface area contributed by atoms with Crippen LogP contribution in [0.1, 0.15) is 12.8 Å². The highest BCUT2D eigenvalue weighted by Gasteiger charge is 2.23. The number of hydrogen-bond donors (Lipinski definition) is 2. The number of ether oxygens (including phenoxy) is 1. The highest BCUT2D eigenvalue weighted by Crippen LogP contribution is 2.20. The van der Waals surface area contributed by atoms with Crippen molar-refractivity contribution in [3.05, 3.63) is 24.3 Å². The van der Waals surface area contributed by atoms with Crippen LogP contribution in [0, 0.1) is 0 Å². The summed E-state index contributed by atoms with van der Waals surface area (Å²) in [5.74, 6) is 0.454. The van der Waals surface area contributed by atoms with Crippen molar-refractivity contribution in [3.63, 3.8) is 0 Å². The van der Waals surface area contributed by atoms with E-state index in [0.29, 0.717) is 18.5 Å². The fourth-order valence-electron chi connectivity index (χ4n) is 2.13. The molecule has 0 saturated carbocycles. The van der Waals surface area contributed by atoms with Gasteiger partial charge in [0, 0.05) is 17.4 Å². The largest absolute Gasteiger partial charge is 0.453 e. The van der Waals surface area contributed by atoms with Crippen LogP contribution in [0.4, 0.5) is 16.2 Å². The molecule has 2 rings (SSSR count). The Morgan fingerprint density at radius 1 is 1.25 bits per heavy atom. The summed E-state index contributed by atoms with van der Waals surface area (Å²) in [5.41, 5.74) is 1.48. The van der Waals surface area contributed by atoms with Gasteiger partial charge >= 0.3 is 6.09 Å². The van der Waals surface area contributed by atoms with Gasteiger partial charge in [0.2, 0.25) is 0 Å². The van der Waals surface area contributed by atoms with E-state index in [0.717, 1.165) is 5.69 Å². The molecule has 2 N–H and O–H groups in total. The predicted molar refractivity (Wildman–Crippen MR) is 77.8 cm³/mol. The van der Waals surface area contributed by atoms with Gasteiger partial charge in [-0.25, -0.2) is 13.2 Å². The van der Waals surface area contributed by atoms with Gasteiger partial charge in [-0.1, -0.05) is 6.07 Å². The summed E-state index contributed by atoms with van der Waals surface area (Å²) >= 11 is 0. The lowest BCUT2D eigenvalue weighted by molar-refractivity contribution is 0.187. The lowest BCUT2D eigenvalue weighted by Gasteiger charge is -2.24. The third kappa shape index (κ3) is 4.12. The molecule has 0 radical (unpaired) electrons. The quantitative estimate of drug-likeness (QED) is 0.889. The predicted octanol–water partition coefficient (Wildman–Crippen LogP) is 1.85. The maximum atomic E-state index is 11.4. The number of rotatable bonds is 3. The second-order valence-electron chi connectivity index (χ2n) is 4.77. The average Bonchev–Trinajstić information content (AvgIpc) is 2.41. The third-order valence-corrected chi connectivity index (χ3v) is 4.94. The van der Waals surface area contributed by atoms with E-state index in [2.05, 4.69) is 15.4 Å². The van der Waals surface area contributed by atoms with Gasteiger partial charge in [0.05, 0.1) is 18.6 Å². The second-order valence-corrected chi connectivity index (χ2v) is 7.07. The summed E-state index contributed by atoms with van der Waals surface area (Å²) in [4.78, 5) is 11.1. The Hall–Kier alpha value is -1.76. The molecule has 0 atom stereocenters. The number of sulfone groups is 1. The Labute approximate surface area is 118 Å². The Balaban J connectivity index is 1.96. The van der Waals surface area contributed by atoms with Crippen LogP contribution in [0.15, 0.2) is 24.3 Å². The van der Waals surface area contributed by atoms with Crippen LogP contribution in [0.3, 0.4) is 0 Å². The van der Waals surface area contributed by atoms with Crippen molar-refractivity contribution in [1.82, 2.24) is 0 Å². The molecule has 7 heteroatoms. The molecule has 1 fully saturated rings. The molecule has 1 aromatic rings. The first kappa shape index (κ1) is 14.6. The first-order valence-electron chi connectivity index (χ1n) is 6.40. The van der Waals surface area contributed by atoms with Crippen LogP contribution in [-0.4, -0.2) is 39.2 Å². The first-order chi connectivity index (χ1) is 9.48. The van der Waals surface area contributed by atoms with Crippen LogP contribution in [-0.2, 0) is 14.6 Å². The maximum Gasteiger partial charge on any atom is 0.411 e. The van der Waals surface area contributed by atoms with Crippen molar-refractivity contribution in [2.45, 2.75) is 18.9 Å². The molecular formula is C13H18N2O4S. The zero-order valence-electron chi connectivity index (χ0n) is 11.3. The molecule has 1 saturated heterocycles. The van der Waals surface area contributed by atoms with E-state index >= 15 is 0 Å². The van der Waals surface area contributed by atoms with E-state index in [1.807, 2.05) is 12.1 Å². The zero-order chi connectivity index (χ0) is 14.6. The second kappa shape index (κ2) is 6.13. The highest BCUT2D eigenvalue weighted by atomic mass is 32.2. The van der Waals surface area contributed by atoms with Crippen molar-refractivity contribution >= 4 is 27.3 Å². The fourth-order valence-corrected chi connectivity index (χ4v) is 3.62. The molecule has 1 amide bonds. The molecule has 1 aliphatic rings. The van der Waals surface area contributed by atoms with Gasteiger partial charge < -0.3 is 10.1 Å². The number of carbonyl (C=O) groups is 1. The van der Waals surface area contributed by atoms with Crippen molar-refractivity contribution in [2.24, 2.45) is 0 Å². The first-order valence-corrected chi connectivity index (χ1v) is 8.23. The number of carbonyl (C=O) groups excluding carboxylic acids is 1. The number of hydrogen-bond acceptors (Lipinski definition) is 5. The molecule has 1 aliphatic heterocycles. The number of benzene rings is 1. The minimum absolute atomic E-state index is 0.145. The van der Waals surface area contributed by atoms with E-state index in [1.165, 1.54) is 7.11 Å². The monoisotopic (exact) mass is 298 g/mol. The van der Waals surface area contributed by atoms with Crippen LogP contribution in [0.25, 0.3) is 0 Å². The van der Waals surface area contributed by atoms with E-state index < -0.39 is 15.9 Å². The number of nitrogens with one attached hydrogen (secondary N) is 2. The topological polar surface area (TPSA) is 84.5 Å². The lowest BCUT2D eigenvalue weighted by Crippen LogP contribution is -2.32. The van der Waals surface area contributed by atoms with E-state index in [4.69, 9.17) is 0 Å². The summed E-state index contributed by atoms with van der Waals surface area (Å²) in [7, 11) is -1.54. The molecule has 6 nitrogen and oxygen atoms in total. The molecule has 0 bridgehead atoms. The van der Waals surface area contributed by atoms with Gasteiger partial charge in [-0.3, -0.25) is 5.32 Å².